The molecule has 214 valence electrons. The lowest BCUT2D eigenvalue weighted by atomic mass is 10.0. The van der Waals surface area contributed by atoms with Gasteiger partial charge in [0.05, 0.1) is 12.4 Å². The molecule has 0 radical (unpaired) electrons. The largest absolute Gasteiger partial charge is 0.497 e. The minimum Gasteiger partial charge on any atom is -0.497 e. The first-order valence-corrected chi connectivity index (χ1v) is 15.8. The molecule has 40 heavy (non-hydrogen) atoms. The maximum atomic E-state index is 12.8. The Hall–Kier alpha value is -2.78. The molecule has 1 fully saturated rings. The Balaban J connectivity index is 0.00000370. The summed E-state index contributed by atoms with van der Waals surface area (Å²) in [7, 11) is -1.72. The number of halogens is 1. The number of thiophene rings is 1. The molecule has 0 spiro atoms. The highest BCUT2D eigenvalue weighted by molar-refractivity contribution is 7.94. The van der Waals surface area contributed by atoms with Crippen molar-refractivity contribution in [3.8, 4) is 33.4 Å². The first-order valence-electron chi connectivity index (χ1n) is 13.4. The minimum atomic E-state index is -3.36. The molecule has 1 saturated heterocycles. The molecule has 6 nitrogen and oxygen atoms in total. The van der Waals surface area contributed by atoms with Gasteiger partial charge in [0.2, 0.25) is 0 Å². The van der Waals surface area contributed by atoms with E-state index in [-0.39, 0.29) is 12.4 Å². The first kappa shape index (κ1) is 30.2. The SMILES string of the molecule is COc1ccc2c(Oc3ccc(OCCN4CCCCC4)cc3)c(-c3ccc(S(=O)(=O)C(C)C)s3)ccc2c1.Cl. The van der Waals surface area contributed by atoms with Crippen molar-refractivity contribution in [3.05, 3.63) is 66.7 Å². The van der Waals surface area contributed by atoms with Crippen molar-refractivity contribution in [1.29, 1.82) is 0 Å². The standard InChI is InChI=1S/C31H35NO5S2.ClH/c1-22(2)39(33,34)30-16-15-29(38-30)28-13-7-23-21-26(35-3)12-14-27(23)31(28)37-25-10-8-24(9-11-25)36-20-19-32-17-5-4-6-18-32;/h7-16,21-22H,4-6,17-20H2,1-3H3;1H. The van der Waals surface area contributed by atoms with Gasteiger partial charge in [-0.3, -0.25) is 4.90 Å². The summed E-state index contributed by atoms with van der Waals surface area (Å²) in [5.74, 6) is 2.91. The normalized spacial score (nSPS) is 14.2. The quantitative estimate of drug-likeness (QED) is 0.184. The number of sulfone groups is 1. The third kappa shape index (κ3) is 6.74. The fourth-order valence-corrected chi connectivity index (χ4v) is 7.55. The van der Waals surface area contributed by atoms with Crippen LogP contribution >= 0.6 is 23.7 Å². The lowest BCUT2D eigenvalue weighted by molar-refractivity contribution is 0.183. The van der Waals surface area contributed by atoms with Crippen LogP contribution in [0.25, 0.3) is 21.2 Å². The van der Waals surface area contributed by atoms with Crippen molar-refractivity contribution in [2.45, 2.75) is 42.6 Å². The van der Waals surface area contributed by atoms with Crippen LogP contribution in [0.15, 0.2) is 70.9 Å². The maximum Gasteiger partial charge on any atom is 0.190 e. The lowest BCUT2D eigenvalue weighted by Crippen LogP contribution is -2.33. The van der Waals surface area contributed by atoms with Crippen LogP contribution < -0.4 is 14.2 Å². The lowest BCUT2D eigenvalue weighted by Gasteiger charge is -2.26. The van der Waals surface area contributed by atoms with Crippen molar-refractivity contribution < 1.29 is 22.6 Å². The summed E-state index contributed by atoms with van der Waals surface area (Å²) in [5.41, 5.74) is 0.838. The van der Waals surface area contributed by atoms with Gasteiger partial charge in [-0.05, 0) is 106 Å². The molecule has 1 aliphatic heterocycles. The van der Waals surface area contributed by atoms with E-state index in [1.165, 1.54) is 30.6 Å². The molecule has 2 heterocycles. The van der Waals surface area contributed by atoms with E-state index >= 15 is 0 Å². The summed E-state index contributed by atoms with van der Waals surface area (Å²) >= 11 is 1.27. The van der Waals surface area contributed by atoms with E-state index in [9.17, 15) is 8.42 Å². The van der Waals surface area contributed by atoms with Gasteiger partial charge in [-0.15, -0.1) is 23.7 Å². The van der Waals surface area contributed by atoms with E-state index in [0.717, 1.165) is 52.3 Å². The van der Waals surface area contributed by atoms with Gasteiger partial charge in [0.15, 0.2) is 9.84 Å². The van der Waals surface area contributed by atoms with Crippen LogP contribution in [-0.4, -0.2) is 51.9 Å². The van der Waals surface area contributed by atoms with Gasteiger partial charge in [-0.1, -0.05) is 12.5 Å². The number of hydrogen-bond donors (Lipinski definition) is 0. The fraction of sp³-hybridized carbons (Fsp3) is 0.355. The number of piperidine rings is 1. The number of rotatable bonds is 10. The summed E-state index contributed by atoms with van der Waals surface area (Å²) in [4.78, 5) is 3.29. The molecule has 0 saturated carbocycles. The Morgan fingerprint density at radius 1 is 0.875 bits per heavy atom. The molecule has 0 aliphatic carbocycles. The summed E-state index contributed by atoms with van der Waals surface area (Å²) < 4.78 is 43.8. The molecule has 0 N–H and O–H groups in total. The number of nitrogens with zero attached hydrogens (tertiary/aromatic N) is 1. The molecule has 0 atom stereocenters. The smallest absolute Gasteiger partial charge is 0.190 e. The third-order valence-corrected chi connectivity index (χ3v) is 10.9. The Bertz CT molecular complexity index is 1530. The van der Waals surface area contributed by atoms with Crippen molar-refractivity contribution in [1.82, 2.24) is 4.90 Å². The van der Waals surface area contributed by atoms with E-state index in [4.69, 9.17) is 14.2 Å². The number of benzene rings is 3. The number of hydrogen-bond acceptors (Lipinski definition) is 7. The summed E-state index contributed by atoms with van der Waals surface area (Å²) in [6, 6.07) is 21.1. The highest BCUT2D eigenvalue weighted by atomic mass is 35.5. The molecular formula is C31H36ClNO5S2. The molecular weight excluding hydrogens is 566 g/mol. The average Bonchev–Trinajstić information content (AvgIpc) is 3.45. The zero-order valence-corrected chi connectivity index (χ0v) is 25.5. The van der Waals surface area contributed by atoms with Gasteiger partial charge >= 0.3 is 0 Å². The monoisotopic (exact) mass is 601 g/mol. The number of fused-ring (bicyclic) bond motifs is 1. The van der Waals surface area contributed by atoms with Crippen molar-refractivity contribution in [3.63, 3.8) is 0 Å². The Morgan fingerprint density at radius 2 is 1.57 bits per heavy atom. The van der Waals surface area contributed by atoms with Crippen LogP contribution in [0, 0.1) is 0 Å². The fourth-order valence-electron chi connectivity index (χ4n) is 4.76. The molecule has 0 bridgehead atoms. The Morgan fingerprint density at radius 3 is 2.27 bits per heavy atom. The van der Waals surface area contributed by atoms with Crippen LogP contribution in [0.5, 0.6) is 23.0 Å². The molecule has 3 aromatic carbocycles. The zero-order valence-electron chi connectivity index (χ0n) is 23.1. The van der Waals surface area contributed by atoms with Gasteiger partial charge in [-0.25, -0.2) is 8.42 Å². The molecule has 9 heteroatoms. The first-order chi connectivity index (χ1) is 18.8. The second kappa shape index (κ2) is 13.3. The highest BCUT2D eigenvalue weighted by Gasteiger charge is 2.23. The minimum absolute atomic E-state index is 0. The van der Waals surface area contributed by atoms with Gasteiger partial charge in [0.25, 0.3) is 0 Å². The second-order valence-corrected chi connectivity index (χ2v) is 13.9. The van der Waals surface area contributed by atoms with Gasteiger partial charge in [0, 0.05) is 22.4 Å². The molecule has 4 aromatic rings. The maximum absolute atomic E-state index is 12.8. The highest BCUT2D eigenvalue weighted by Crippen LogP contribution is 2.44. The van der Waals surface area contributed by atoms with Crippen LogP contribution in [0.2, 0.25) is 0 Å². The number of methoxy groups -OCH3 is 1. The van der Waals surface area contributed by atoms with Gasteiger partial charge in [-0.2, -0.15) is 0 Å². The Kier molecular flexibility index (Phi) is 10.0. The summed E-state index contributed by atoms with van der Waals surface area (Å²) in [5, 5.41) is 1.40. The van der Waals surface area contributed by atoms with Crippen LogP contribution in [0.3, 0.4) is 0 Å². The van der Waals surface area contributed by atoms with E-state index in [2.05, 4.69) is 4.90 Å². The molecule has 1 aliphatic rings. The summed E-state index contributed by atoms with van der Waals surface area (Å²) in [6.07, 6.45) is 3.88. The van der Waals surface area contributed by atoms with Crippen LogP contribution in [0.1, 0.15) is 33.1 Å². The van der Waals surface area contributed by atoms with Crippen molar-refractivity contribution in [2.24, 2.45) is 0 Å². The number of likely N-dealkylation sites (tertiary alicyclic amines) is 1. The van der Waals surface area contributed by atoms with E-state index < -0.39 is 15.1 Å². The van der Waals surface area contributed by atoms with Crippen molar-refractivity contribution >= 4 is 44.4 Å². The molecule has 5 rings (SSSR count). The topological polar surface area (TPSA) is 65.1 Å². The van der Waals surface area contributed by atoms with E-state index in [1.54, 1.807) is 27.0 Å². The molecule has 0 unspecified atom stereocenters. The van der Waals surface area contributed by atoms with Crippen LogP contribution in [-0.2, 0) is 9.84 Å². The number of ether oxygens (including phenoxy) is 3. The predicted octanol–water partition coefficient (Wildman–Crippen LogP) is 7.84. The average molecular weight is 602 g/mol. The van der Waals surface area contributed by atoms with Crippen LogP contribution in [0.4, 0.5) is 0 Å². The Labute approximate surface area is 247 Å². The second-order valence-electron chi connectivity index (χ2n) is 10.1. The third-order valence-electron chi connectivity index (χ3n) is 7.09. The zero-order chi connectivity index (χ0) is 27.4. The summed E-state index contributed by atoms with van der Waals surface area (Å²) in [6.45, 7) is 7.32. The molecule has 1 aromatic heterocycles. The van der Waals surface area contributed by atoms with E-state index in [1.807, 2.05) is 60.7 Å². The predicted molar refractivity (Wildman–Crippen MR) is 166 cm³/mol. The van der Waals surface area contributed by atoms with Gasteiger partial charge in [0.1, 0.15) is 33.8 Å². The van der Waals surface area contributed by atoms with E-state index in [0.29, 0.717) is 22.3 Å². The van der Waals surface area contributed by atoms with Crippen molar-refractivity contribution in [2.75, 3.05) is 33.4 Å². The molecule has 0 amide bonds. The van der Waals surface area contributed by atoms with Gasteiger partial charge < -0.3 is 14.2 Å².